The van der Waals surface area contributed by atoms with E-state index in [1.807, 2.05) is 30.3 Å². The standard InChI is InChI=1S/C16H19N3O2/c1-3-4-10-21-16-13(11(2)20)14(17)18-15(19-16)12-8-6-5-7-9-12/h5-9H,3-4,10H2,1-2H3,(H2,17,18,19). The van der Waals surface area contributed by atoms with Crippen molar-refractivity contribution in [3.05, 3.63) is 35.9 Å². The quantitative estimate of drug-likeness (QED) is 0.651. The number of carbonyl (C=O) groups is 1. The van der Waals surface area contributed by atoms with Gasteiger partial charge in [-0.05, 0) is 13.3 Å². The highest BCUT2D eigenvalue weighted by molar-refractivity contribution is 6.00. The number of benzene rings is 1. The Balaban J connectivity index is 2.43. The fourth-order valence-electron chi connectivity index (χ4n) is 1.92. The molecule has 0 atom stereocenters. The minimum atomic E-state index is -0.196. The number of hydrogen-bond donors (Lipinski definition) is 1. The summed E-state index contributed by atoms with van der Waals surface area (Å²) in [5.41, 5.74) is 7.00. The van der Waals surface area contributed by atoms with Crippen molar-refractivity contribution in [2.24, 2.45) is 0 Å². The van der Waals surface area contributed by atoms with Crippen LogP contribution in [0.3, 0.4) is 0 Å². The second-order valence-corrected chi connectivity index (χ2v) is 4.74. The number of aromatic nitrogens is 2. The van der Waals surface area contributed by atoms with Gasteiger partial charge in [0.1, 0.15) is 11.4 Å². The predicted molar refractivity (Wildman–Crippen MR) is 82.3 cm³/mol. The molecule has 1 aromatic heterocycles. The molecule has 0 aliphatic rings. The maximum atomic E-state index is 11.7. The van der Waals surface area contributed by atoms with Gasteiger partial charge in [0.15, 0.2) is 11.6 Å². The van der Waals surface area contributed by atoms with E-state index in [9.17, 15) is 4.79 Å². The summed E-state index contributed by atoms with van der Waals surface area (Å²) in [6.45, 7) is 4.00. The molecule has 5 heteroatoms. The van der Waals surface area contributed by atoms with Crippen molar-refractivity contribution in [2.45, 2.75) is 26.7 Å². The first-order valence-corrected chi connectivity index (χ1v) is 7.00. The Morgan fingerprint density at radius 1 is 1.24 bits per heavy atom. The SMILES string of the molecule is CCCCOc1nc(-c2ccccc2)nc(N)c1C(C)=O. The van der Waals surface area contributed by atoms with Crippen LogP contribution in [0, 0.1) is 0 Å². The summed E-state index contributed by atoms with van der Waals surface area (Å²) < 4.78 is 5.63. The summed E-state index contributed by atoms with van der Waals surface area (Å²) in [5.74, 6) is 0.688. The number of anilines is 1. The Kier molecular flexibility index (Phi) is 4.87. The number of carbonyl (C=O) groups excluding carboxylic acids is 1. The van der Waals surface area contributed by atoms with Crippen LogP contribution in [-0.2, 0) is 0 Å². The Labute approximate surface area is 124 Å². The molecule has 0 spiro atoms. The van der Waals surface area contributed by atoms with Crippen molar-refractivity contribution in [2.75, 3.05) is 12.3 Å². The van der Waals surface area contributed by atoms with Gasteiger partial charge in [0.2, 0.25) is 5.88 Å². The molecule has 0 unspecified atom stereocenters. The minimum Gasteiger partial charge on any atom is -0.477 e. The summed E-state index contributed by atoms with van der Waals surface area (Å²) in [4.78, 5) is 20.3. The summed E-state index contributed by atoms with van der Waals surface area (Å²) in [7, 11) is 0. The fourth-order valence-corrected chi connectivity index (χ4v) is 1.92. The van der Waals surface area contributed by atoms with E-state index in [1.54, 1.807) is 0 Å². The van der Waals surface area contributed by atoms with Gasteiger partial charge in [-0.3, -0.25) is 4.79 Å². The van der Waals surface area contributed by atoms with Gasteiger partial charge in [-0.2, -0.15) is 4.98 Å². The van der Waals surface area contributed by atoms with Crippen LogP contribution in [0.2, 0.25) is 0 Å². The minimum absolute atomic E-state index is 0.155. The fraction of sp³-hybridized carbons (Fsp3) is 0.312. The molecule has 0 fully saturated rings. The van der Waals surface area contributed by atoms with Gasteiger partial charge in [-0.1, -0.05) is 43.7 Å². The van der Waals surface area contributed by atoms with Crippen LogP contribution in [0.1, 0.15) is 37.0 Å². The number of unbranched alkanes of at least 4 members (excludes halogenated alkanes) is 1. The van der Waals surface area contributed by atoms with Crippen molar-refractivity contribution in [3.8, 4) is 17.3 Å². The molecule has 0 saturated heterocycles. The summed E-state index contributed by atoms with van der Waals surface area (Å²) in [5, 5.41) is 0. The van der Waals surface area contributed by atoms with E-state index in [0.29, 0.717) is 12.4 Å². The van der Waals surface area contributed by atoms with E-state index in [-0.39, 0.29) is 23.0 Å². The van der Waals surface area contributed by atoms with Crippen LogP contribution in [0.15, 0.2) is 30.3 Å². The van der Waals surface area contributed by atoms with Crippen LogP contribution >= 0.6 is 0 Å². The third-order valence-corrected chi connectivity index (χ3v) is 3.02. The molecule has 2 N–H and O–H groups in total. The molecule has 0 aliphatic heterocycles. The Hall–Kier alpha value is -2.43. The lowest BCUT2D eigenvalue weighted by atomic mass is 10.1. The number of ketones is 1. The second kappa shape index (κ2) is 6.83. The lowest BCUT2D eigenvalue weighted by Gasteiger charge is -2.12. The molecule has 2 aromatic rings. The van der Waals surface area contributed by atoms with Crippen LogP contribution in [0.5, 0.6) is 5.88 Å². The van der Waals surface area contributed by atoms with E-state index in [1.165, 1.54) is 6.92 Å². The van der Waals surface area contributed by atoms with Crippen LogP contribution < -0.4 is 10.5 Å². The van der Waals surface area contributed by atoms with Gasteiger partial charge >= 0.3 is 0 Å². The Bertz CT molecular complexity index is 627. The zero-order valence-electron chi connectivity index (χ0n) is 12.3. The molecule has 0 bridgehead atoms. The third-order valence-electron chi connectivity index (χ3n) is 3.02. The molecule has 1 heterocycles. The molecule has 0 radical (unpaired) electrons. The number of ether oxygens (including phenoxy) is 1. The lowest BCUT2D eigenvalue weighted by molar-refractivity contribution is 0.101. The zero-order valence-corrected chi connectivity index (χ0v) is 12.3. The summed E-state index contributed by atoms with van der Waals surface area (Å²) in [6.07, 6.45) is 1.89. The van der Waals surface area contributed by atoms with Crippen LogP contribution in [0.25, 0.3) is 11.4 Å². The van der Waals surface area contributed by atoms with Gasteiger partial charge in [-0.15, -0.1) is 0 Å². The van der Waals surface area contributed by atoms with Crippen molar-refractivity contribution in [1.82, 2.24) is 9.97 Å². The zero-order chi connectivity index (χ0) is 15.2. The van der Waals surface area contributed by atoms with E-state index in [4.69, 9.17) is 10.5 Å². The first-order valence-electron chi connectivity index (χ1n) is 7.00. The van der Waals surface area contributed by atoms with Gasteiger partial charge in [0.05, 0.1) is 6.61 Å². The molecule has 0 aliphatic carbocycles. The predicted octanol–water partition coefficient (Wildman–Crippen LogP) is 3.11. The van der Waals surface area contributed by atoms with Crippen LogP contribution in [0.4, 0.5) is 5.82 Å². The molecule has 110 valence electrons. The largest absolute Gasteiger partial charge is 0.477 e. The number of rotatable bonds is 6. The summed E-state index contributed by atoms with van der Waals surface area (Å²) >= 11 is 0. The second-order valence-electron chi connectivity index (χ2n) is 4.74. The van der Waals surface area contributed by atoms with Crippen LogP contribution in [-0.4, -0.2) is 22.4 Å². The molecule has 21 heavy (non-hydrogen) atoms. The third kappa shape index (κ3) is 3.56. The highest BCUT2D eigenvalue weighted by Gasteiger charge is 2.18. The molecule has 0 saturated carbocycles. The number of nitrogen functional groups attached to an aromatic ring is 1. The maximum absolute atomic E-state index is 11.7. The molecule has 0 amide bonds. The van der Waals surface area contributed by atoms with Gasteiger partial charge in [0, 0.05) is 5.56 Å². The monoisotopic (exact) mass is 285 g/mol. The molecule has 5 nitrogen and oxygen atoms in total. The van der Waals surface area contributed by atoms with E-state index in [0.717, 1.165) is 18.4 Å². The van der Waals surface area contributed by atoms with Crippen molar-refractivity contribution >= 4 is 11.6 Å². The topological polar surface area (TPSA) is 78.1 Å². The molecule has 1 aromatic carbocycles. The molecular formula is C16H19N3O2. The highest BCUT2D eigenvalue weighted by atomic mass is 16.5. The lowest BCUT2D eigenvalue weighted by Crippen LogP contribution is -2.11. The van der Waals surface area contributed by atoms with E-state index in [2.05, 4.69) is 16.9 Å². The van der Waals surface area contributed by atoms with E-state index >= 15 is 0 Å². The summed E-state index contributed by atoms with van der Waals surface area (Å²) in [6, 6.07) is 9.47. The highest BCUT2D eigenvalue weighted by Crippen LogP contribution is 2.26. The number of nitrogens with zero attached hydrogens (tertiary/aromatic N) is 2. The van der Waals surface area contributed by atoms with Crippen molar-refractivity contribution in [1.29, 1.82) is 0 Å². The smallest absolute Gasteiger partial charge is 0.230 e. The van der Waals surface area contributed by atoms with Gasteiger partial charge < -0.3 is 10.5 Å². The Morgan fingerprint density at radius 3 is 2.57 bits per heavy atom. The number of nitrogens with two attached hydrogens (primary N) is 1. The maximum Gasteiger partial charge on any atom is 0.230 e. The van der Waals surface area contributed by atoms with Crippen molar-refractivity contribution in [3.63, 3.8) is 0 Å². The molecular weight excluding hydrogens is 266 g/mol. The van der Waals surface area contributed by atoms with E-state index < -0.39 is 0 Å². The van der Waals surface area contributed by atoms with Gasteiger partial charge in [0.25, 0.3) is 0 Å². The number of Topliss-reactive ketones (excluding diaryl/α,β-unsaturated/α-hetero) is 1. The average Bonchev–Trinajstić information content (AvgIpc) is 2.47. The normalized spacial score (nSPS) is 10.4. The number of hydrogen-bond acceptors (Lipinski definition) is 5. The first-order chi connectivity index (χ1) is 10.1. The average molecular weight is 285 g/mol. The first kappa shape index (κ1) is 15.0. The molecule has 2 rings (SSSR count). The van der Waals surface area contributed by atoms with Crippen molar-refractivity contribution < 1.29 is 9.53 Å². The Morgan fingerprint density at radius 2 is 1.95 bits per heavy atom. The van der Waals surface area contributed by atoms with Gasteiger partial charge in [-0.25, -0.2) is 4.98 Å².